The van der Waals surface area contributed by atoms with Crippen LogP contribution in [0, 0.1) is 17.8 Å². The lowest BCUT2D eigenvalue weighted by Crippen LogP contribution is -2.25. The Kier molecular flexibility index (Phi) is 9.31. The first-order valence-electron chi connectivity index (χ1n) is 8.36. The molecule has 0 bridgehead atoms. The van der Waals surface area contributed by atoms with Crippen molar-refractivity contribution in [1.82, 2.24) is 0 Å². The van der Waals surface area contributed by atoms with Gasteiger partial charge in [-0.1, -0.05) is 25.2 Å². The number of rotatable bonds is 8. The van der Waals surface area contributed by atoms with Gasteiger partial charge in [0.1, 0.15) is 6.10 Å². The summed E-state index contributed by atoms with van der Waals surface area (Å²) < 4.78 is 11.2. The molecule has 0 radical (unpaired) electrons. The van der Waals surface area contributed by atoms with Gasteiger partial charge in [-0.05, 0) is 60.3 Å². The van der Waals surface area contributed by atoms with Crippen LogP contribution in [-0.4, -0.2) is 35.6 Å². The molecule has 22 heavy (non-hydrogen) atoms. The highest BCUT2D eigenvalue weighted by atomic mass is 16.5. The quantitative estimate of drug-likeness (QED) is 0.683. The smallest absolute Gasteiger partial charge is 0.117 e. The van der Waals surface area contributed by atoms with Crippen LogP contribution in [0.4, 0.5) is 0 Å². The highest BCUT2D eigenvalue weighted by molar-refractivity contribution is 5.06. The molecule has 0 unspecified atom stereocenters. The highest BCUT2D eigenvalue weighted by Gasteiger charge is 2.18. The Balaban J connectivity index is 4.11. The van der Waals surface area contributed by atoms with Crippen molar-refractivity contribution < 1.29 is 14.6 Å². The van der Waals surface area contributed by atoms with Crippen LogP contribution in [0.5, 0.6) is 0 Å². The number of aliphatic hydroxyl groups excluding tert-OH is 1. The van der Waals surface area contributed by atoms with Gasteiger partial charge in [0.15, 0.2) is 0 Å². The second-order valence-electron chi connectivity index (χ2n) is 7.84. The zero-order valence-electron chi connectivity index (χ0n) is 15.8. The number of hydrogen-bond donors (Lipinski definition) is 1. The Labute approximate surface area is 137 Å². The summed E-state index contributed by atoms with van der Waals surface area (Å²) in [5.74, 6) is 6.19. The standard InChI is InChI=1S/C19H36O3/c1-15(11-10-14-19(6,7)21-8)17(20)13-9-12-16(2)22-18(3,4)5/h15-17,20H,10-12,14H2,1-8H3/t15-,16-,17+/m0/s1. The zero-order chi connectivity index (χ0) is 17.4. The van der Waals surface area contributed by atoms with E-state index in [9.17, 15) is 5.11 Å². The molecule has 0 aliphatic carbocycles. The summed E-state index contributed by atoms with van der Waals surface area (Å²) in [7, 11) is 1.74. The average molecular weight is 312 g/mol. The van der Waals surface area contributed by atoms with Crippen LogP contribution in [0.15, 0.2) is 0 Å². The third kappa shape index (κ3) is 11.1. The number of methoxy groups -OCH3 is 1. The molecule has 0 saturated carbocycles. The van der Waals surface area contributed by atoms with Gasteiger partial charge in [-0.3, -0.25) is 0 Å². The van der Waals surface area contributed by atoms with Crippen molar-refractivity contribution in [2.45, 2.75) is 97.6 Å². The highest BCUT2D eigenvalue weighted by Crippen LogP contribution is 2.20. The van der Waals surface area contributed by atoms with Gasteiger partial charge in [0.05, 0.1) is 17.3 Å². The largest absolute Gasteiger partial charge is 0.380 e. The van der Waals surface area contributed by atoms with Gasteiger partial charge in [-0.2, -0.15) is 0 Å². The maximum atomic E-state index is 10.1. The lowest BCUT2D eigenvalue weighted by atomic mass is 9.93. The molecule has 0 rings (SSSR count). The summed E-state index contributed by atoms with van der Waals surface area (Å²) in [6.45, 7) is 14.4. The molecular formula is C19H36O3. The number of ether oxygens (including phenoxy) is 2. The lowest BCUT2D eigenvalue weighted by molar-refractivity contribution is -0.0485. The molecule has 0 amide bonds. The van der Waals surface area contributed by atoms with Crippen molar-refractivity contribution in [3.8, 4) is 11.8 Å². The predicted octanol–water partition coefficient (Wildman–Crippen LogP) is 4.18. The summed E-state index contributed by atoms with van der Waals surface area (Å²) in [6, 6.07) is 0. The summed E-state index contributed by atoms with van der Waals surface area (Å²) in [6.07, 6.45) is 3.15. The van der Waals surface area contributed by atoms with Gasteiger partial charge in [0, 0.05) is 13.5 Å². The average Bonchev–Trinajstić information content (AvgIpc) is 2.36. The topological polar surface area (TPSA) is 38.7 Å². The zero-order valence-corrected chi connectivity index (χ0v) is 15.8. The minimum Gasteiger partial charge on any atom is -0.380 e. The van der Waals surface area contributed by atoms with Crippen LogP contribution < -0.4 is 0 Å². The normalized spacial score (nSPS) is 16.6. The fraction of sp³-hybridized carbons (Fsp3) is 0.895. The Morgan fingerprint density at radius 3 is 2.18 bits per heavy atom. The number of hydrogen-bond acceptors (Lipinski definition) is 3. The van der Waals surface area contributed by atoms with Gasteiger partial charge in [-0.25, -0.2) is 0 Å². The maximum Gasteiger partial charge on any atom is 0.117 e. The van der Waals surface area contributed by atoms with Crippen molar-refractivity contribution in [1.29, 1.82) is 0 Å². The monoisotopic (exact) mass is 312 g/mol. The van der Waals surface area contributed by atoms with E-state index in [0.717, 1.165) is 19.3 Å². The third-order valence-corrected chi connectivity index (χ3v) is 3.72. The lowest BCUT2D eigenvalue weighted by Gasteiger charge is -2.24. The fourth-order valence-corrected chi connectivity index (χ4v) is 2.20. The molecule has 0 aromatic heterocycles. The second-order valence-corrected chi connectivity index (χ2v) is 7.84. The summed E-state index contributed by atoms with van der Waals surface area (Å²) in [5, 5.41) is 10.1. The Morgan fingerprint density at radius 1 is 1.09 bits per heavy atom. The number of aliphatic hydroxyl groups is 1. The molecule has 0 aromatic rings. The molecule has 3 nitrogen and oxygen atoms in total. The van der Waals surface area contributed by atoms with E-state index < -0.39 is 6.10 Å². The van der Waals surface area contributed by atoms with Crippen LogP contribution in [-0.2, 0) is 9.47 Å². The summed E-state index contributed by atoms with van der Waals surface area (Å²) in [5.41, 5.74) is -0.239. The van der Waals surface area contributed by atoms with E-state index in [4.69, 9.17) is 9.47 Å². The fourth-order valence-electron chi connectivity index (χ4n) is 2.20. The molecule has 0 fully saturated rings. The Morgan fingerprint density at radius 2 is 1.68 bits per heavy atom. The van der Waals surface area contributed by atoms with Gasteiger partial charge in [-0.15, -0.1) is 0 Å². The molecule has 3 heteroatoms. The summed E-state index contributed by atoms with van der Waals surface area (Å²) in [4.78, 5) is 0. The SMILES string of the molecule is COC(C)(C)CCC[C@H](C)[C@H](O)C#CC[C@H](C)OC(C)(C)C. The van der Waals surface area contributed by atoms with Gasteiger partial charge in [0.25, 0.3) is 0 Å². The minimum absolute atomic E-state index is 0.0810. The molecule has 1 N–H and O–H groups in total. The first-order chi connectivity index (χ1) is 9.97. The first-order valence-corrected chi connectivity index (χ1v) is 8.36. The van der Waals surface area contributed by atoms with Gasteiger partial charge in [0.2, 0.25) is 0 Å². The van der Waals surface area contributed by atoms with Crippen LogP contribution in [0.1, 0.15) is 74.1 Å². The van der Waals surface area contributed by atoms with Crippen molar-refractivity contribution >= 4 is 0 Å². The van der Waals surface area contributed by atoms with Crippen LogP contribution >= 0.6 is 0 Å². The molecule has 0 aliphatic heterocycles. The minimum atomic E-state index is -0.563. The maximum absolute atomic E-state index is 10.1. The van der Waals surface area contributed by atoms with Crippen LogP contribution in [0.25, 0.3) is 0 Å². The molecule has 0 saturated heterocycles. The predicted molar refractivity (Wildman–Crippen MR) is 92.8 cm³/mol. The second kappa shape index (κ2) is 9.55. The first kappa shape index (κ1) is 21.4. The van der Waals surface area contributed by atoms with Gasteiger partial charge < -0.3 is 14.6 Å². The molecule has 3 atom stereocenters. The van der Waals surface area contributed by atoms with E-state index in [1.54, 1.807) is 7.11 Å². The Hall–Kier alpha value is -0.560. The van der Waals surface area contributed by atoms with Gasteiger partial charge >= 0.3 is 0 Å². The summed E-state index contributed by atoms with van der Waals surface area (Å²) >= 11 is 0. The van der Waals surface area contributed by atoms with E-state index in [0.29, 0.717) is 6.42 Å². The third-order valence-electron chi connectivity index (χ3n) is 3.72. The van der Waals surface area contributed by atoms with Crippen LogP contribution in [0.3, 0.4) is 0 Å². The molecule has 0 spiro atoms. The van der Waals surface area contributed by atoms with E-state index >= 15 is 0 Å². The van der Waals surface area contributed by atoms with E-state index in [1.807, 2.05) is 34.6 Å². The molecule has 130 valence electrons. The van der Waals surface area contributed by atoms with E-state index in [-0.39, 0.29) is 23.2 Å². The molecule has 0 aromatic carbocycles. The van der Waals surface area contributed by atoms with Crippen molar-refractivity contribution in [3.05, 3.63) is 0 Å². The molecular weight excluding hydrogens is 276 g/mol. The molecule has 0 aliphatic rings. The van der Waals surface area contributed by atoms with Crippen molar-refractivity contribution in [3.63, 3.8) is 0 Å². The van der Waals surface area contributed by atoms with Crippen molar-refractivity contribution in [2.75, 3.05) is 7.11 Å². The Bertz CT molecular complexity index is 357. The van der Waals surface area contributed by atoms with E-state index in [2.05, 4.69) is 25.7 Å². The van der Waals surface area contributed by atoms with Crippen molar-refractivity contribution in [2.24, 2.45) is 5.92 Å². The molecule has 0 heterocycles. The van der Waals surface area contributed by atoms with E-state index in [1.165, 1.54) is 0 Å². The van der Waals surface area contributed by atoms with Crippen LogP contribution in [0.2, 0.25) is 0 Å².